The van der Waals surface area contributed by atoms with Crippen molar-refractivity contribution in [3.05, 3.63) is 65.2 Å². The molecule has 2 aliphatic rings. The Hall–Kier alpha value is -2.30. The van der Waals surface area contributed by atoms with Crippen molar-refractivity contribution in [1.82, 2.24) is 14.9 Å². The lowest BCUT2D eigenvalue weighted by Crippen LogP contribution is -2.36. The summed E-state index contributed by atoms with van der Waals surface area (Å²) in [7, 11) is -3.64. The minimum absolute atomic E-state index is 0.0732. The Kier molecular flexibility index (Phi) is 8.11. The number of carbonyl (C=O) groups excluding carboxylic acids is 1. The molecule has 1 atom stereocenters. The molecule has 2 N–H and O–H groups in total. The van der Waals surface area contributed by atoms with E-state index in [0.29, 0.717) is 18.7 Å². The maximum atomic E-state index is 12.7. The molecule has 0 aliphatic carbocycles. The third kappa shape index (κ3) is 6.61. The second-order valence-electron chi connectivity index (χ2n) is 8.35. The van der Waals surface area contributed by atoms with Crippen LogP contribution in [-0.2, 0) is 32.6 Å². The molecule has 1 amide bonds. The molecule has 2 saturated heterocycles. The Balaban J connectivity index is 1.32. The Morgan fingerprint density at radius 3 is 2.42 bits per heavy atom. The highest BCUT2D eigenvalue weighted by Gasteiger charge is 2.20. The normalized spacial score (nSPS) is 19.5. The van der Waals surface area contributed by atoms with Gasteiger partial charge in [-0.15, -0.1) is 0 Å². The molecule has 0 bridgehead atoms. The van der Waals surface area contributed by atoms with Crippen LogP contribution in [0.4, 0.5) is 0 Å². The number of amides is 1. The summed E-state index contributed by atoms with van der Waals surface area (Å²) in [5.74, 6) is -0.243. The predicted octanol–water partition coefficient (Wildman–Crippen LogP) is 1.91. The highest BCUT2D eigenvalue weighted by atomic mass is 32.2. The van der Waals surface area contributed by atoms with Crippen LogP contribution >= 0.6 is 0 Å². The number of benzene rings is 2. The van der Waals surface area contributed by atoms with Crippen LogP contribution in [0.5, 0.6) is 0 Å². The van der Waals surface area contributed by atoms with E-state index in [-0.39, 0.29) is 23.5 Å². The number of nitrogens with one attached hydrogen (secondary N) is 2. The summed E-state index contributed by atoms with van der Waals surface area (Å²) in [6.07, 6.45) is 1.74. The van der Waals surface area contributed by atoms with E-state index in [9.17, 15) is 13.2 Å². The van der Waals surface area contributed by atoms with Crippen molar-refractivity contribution in [3.8, 4) is 0 Å². The van der Waals surface area contributed by atoms with Crippen LogP contribution in [0.3, 0.4) is 0 Å². The van der Waals surface area contributed by atoms with Crippen LogP contribution in [0.15, 0.2) is 53.4 Å². The molecular weight excluding hydrogens is 442 g/mol. The lowest BCUT2D eigenvalue weighted by atomic mass is 10.1. The second kappa shape index (κ2) is 11.2. The highest BCUT2D eigenvalue weighted by molar-refractivity contribution is 7.89. The molecule has 0 saturated carbocycles. The number of nitrogens with zero attached hydrogens (tertiary/aromatic N) is 1. The minimum atomic E-state index is -3.64. The first-order chi connectivity index (χ1) is 16.0. The van der Waals surface area contributed by atoms with Gasteiger partial charge in [0.15, 0.2) is 0 Å². The van der Waals surface area contributed by atoms with E-state index in [4.69, 9.17) is 9.47 Å². The van der Waals surface area contributed by atoms with Gasteiger partial charge < -0.3 is 14.8 Å². The molecule has 2 aromatic carbocycles. The van der Waals surface area contributed by atoms with Gasteiger partial charge in [-0.25, -0.2) is 13.1 Å². The summed E-state index contributed by atoms with van der Waals surface area (Å²) in [6.45, 7) is 5.45. The first-order valence-corrected chi connectivity index (χ1v) is 12.9. The topological polar surface area (TPSA) is 97.0 Å². The standard InChI is InChI=1S/C24H31N3O5S/c28-24(25-16-20-4-1-2-5-21(20)18-27-11-14-31-15-12-27)19-7-9-23(10-8-19)33(29,30)26-17-22-6-3-13-32-22/h1-2,4-5,7-10,22,26H,3,6,11-18H2,(H,25,28)/t22-/m0/s1. The van der Waals surface area contributed by atoms with Crippen LogP contribution in [0, 0.1) is 0 Å². The maximum Gasteiger partial charge on any atom is 0.251 e. The highest BCUT2D eigenvalue weighted by Crippen LogP contribution is 2.16. The van der Waals surface area contributed by atoms with Crippen LogP contribution < -0.4 is 10.0 Å². The van der Waals surface area contributed by atoms with Crippen molar-refractivity contribution in [2.75, 3.05) is 39.5 Å². The Labute approximate surface area is 195 Å². The number of rotatable bonds is 9. The lowest BCUT2D eigenvalue weighted by molar-refractivity contribution is 0.0340. The molecule has 9 heteroatoms. The van der Waals surface area contributed by atoms with Crippen LogP contribution in [0.25, 0.3) is 0 Å². The summed E-state index contributed by atoms with van der Waals surface area (Å²) in [6, 6.07) is 14.1. The molecule has 0 radical (unpaired) electrons. The molecule has 2 aliphatic heterocycles. The van der Waals surface area contributed by atoms with Gasteiger partial charge in [0.05, 0.1) is 24.2 Å². The average molecular weight is 474 g/mol. The fourth-order valence-corrected chi connectivity index (χ4v) is 5.11. The first-order valence-electron chi connectivity index (χ1n) is 11.4. The first kappa shape index (κ1) is 23.8. The number of hydrogen-bond donors (Lipinski definition) is 2. The zero-order valence-electron chi connectivity index (χ0n) is 18.7. The van der Waals surface area contributed by atoms with Gasteiger partial charge in [-0.3, -0.25) is 9.69 Å². The quantitative estimate of drug-likeness (QED) is 0.578. The van der Waals surface area contributed by atoms with E-state index < -0.39 is 10.0 Å². The number of sulfonamides is 1. The molecule has 4 rings (SSSR count). The Bertz CT molecular complexity index is 1030. The fourth-order valence-electron chi connectivity index (χ4n) is 4.04. The molecule has 0 aromatic heterocycles. The predicted molar refractivity (Wildman–Crippen MR) is 124 cm³/mol. The largest absolute Gasteiger partial charge is 0.379 e. The van der Waals surface area contributed by atoms with E-state index in [2.05, 4.69) is 21.0 Å². The molecule has 8 nitrogen and oxygen atoms in total. The average Bonchev–Trinajstić information content (AvgIpc) is 3.37. The SMILES string of the molecule is O=C(NCc1ccccc1CN1CCOCC1)c1ccc(S(=O)(=O)NC[C@@H]2CCCO2)cc1. The summed E-state index contributed by atoms with van der Waals surface area (Å²) in [5, 5.41) is 2.95. The zero-order chi connectivity index (χ0) is 23.1. The molecule has 178 valence electrons. The van der Waals surface area contributed by atoms with Gasteiger partial charge in [0, 0.05) is 44.9 Å². The minimum Gasteiger partial charge on any atom is -0.379 e. The van der Waals surface area contributed by atoms with E-state index in [1.54, 1.807) is 0 Å². The summed E-state index contributed by atoms with van der Waals surface area (Å²) < 4.78 is 38.5. The van der Waals surface area contributed by atoms with E-state index in [1.165, 1.54) is 29.8 Å². The van der Waals surface area contributed by atoms with Crippen molar-refractivity contribution >= 4 is 15.9 Å². The third-order valence-corrected chi connectivity index (χ3v) is 7.45. The summed E-state index contributed by atoms with van der Waals surface area (Å²) >= 11 is 0. The Morgan fingerprint density at radius 2 is 1.73 bits per heavy atom. The van der Waals surface area contributed by atoms with Gasteiger partial charge in [-0.2, -0.15) is 0 Å². The van der Waals surface area contributed by atoms with Gasteiger partial charge in [0.1, 0.15) is 0 Å². The van der Waals surface area contributed by atoms with Crippen LogP contribution in [0.2, 0.25) is 0 Å². The summed E-state index contributed by atoms with van der Waals surface area (Å²) in [5.41, 5.74) is 2.66. The molecule has 0 unspecified atom stereocenters. The van der Waals surface area contributed by atoms with Crippen molar-refractivity contribution < 1.29 is 22.7 Å². The fraction of sp³-hybridized carbons (Fsp3) is 0.458. The Morgan fingerprint density at radius 1 is 1.00 bits per heavy atom. The van der Waals surface area contributed by atoms with E-state index in [1.807, 2.05) is 18.2 Å². The lowest BCUT2D eigenvalue weighted by Gasteiger charge is -2.27. The second-order valence-corrected chi connectivity index (χ2v) is 10.1. The van der Waals surface area contributed by atoms with Gasteiger partial charge in [0.25, 0.3) is 5.91 Å². The van der Waals surface area contributed by atoms with Gasteiger partial charge in [-0.05, 0) is 48.2 Å². The third-order valence-electron chi connectivity index (χ3n) is 6.01. The van der Waals surface area contributed by atoms with Crippen LogP contribution in [-0.4, -0.2) is 64.8 Å². The number of morpholine rings is 1. The van der Waals surface area contributed by atoms with E-state index in [0.717, 1.165) is 51.3 Å². The van der Waals surface area contributed by atoms with Crippen molar-refractivity contribution in [2.45, 2.75) is 36.9 Å². The molecular formula is C24H31N3O5S. The van der Waals surface area contributed by atoms with E-state index >= 15 is 0 Å². The molecule has 2 heterocycles. The van der Waals surface area contributed by atoms with Crippen molar-refractivity contribution in [1.29, 1.82) is 0 Å². The number of ether oxygens (including phenoxy) is 2. The molecule has 2 aromatic rings. The molecule has 0 spiro atoms. The van der Waals surface area contributed by atoms with Crippen molar-refractivity contribution in [2.24, 2.45) is 0 Å². The van der Waals surface area contributed by atoms with Crippen molar-refractivity contribution in [3.63, 3.8) is 0 Å². The van der Waals surface area contributed by atoms with Gasteiger partial charge >= 0.3 is 0 Å². The molecule has 33 heavy (non-hydrogen) atoms. The number of carbonyl (C=O) groups is 1. The van der Waals surface area contributed by atoms with Crippen LogP contribution in [0.1, 0.15) is 34.3 Å². The molecule has 2 fully saturated rings. The summed E-state index contributed by atoms with van der Waals surface area (Å²) in [4.78, 5) is 15.1. The van der Waals surface area contributed by atoms with Gasteiger partial charge in [-0.1, -0.05) is 24.3 Å². The number of hydrogen-bond acceptors (Lipinski definition) is 6. The van der Waals surface area contributed by atoms with Gasteiger partial charge in [0.2, 0.25) is 10.0 Å². The monoisotopic (exact) mass is 473 g/mol. The zero-order valence-corrected chi connectivity index (χ0v) is 19.5. The maximum absolute atomic E-state index is 12.7. The smallest absolute Gasteiger partial charge is 0.251 e.